The van der Waals surface area contributed by atoms with Crippen molar-refractivity contribution in [2.75, 3.05) is 38.1 Å². The number of benzene rings is 2. The van der Waals surface area contributed by atoms with Crippen LogP contribution in [-0.4, -0.2) is 63.4 Å². The zero-order valence-electron chi connectivity index (χ0n) is 18.1. The minimum atomic E-state index is -3.54. The second kappa shape index (κ2) is 8.45. The molecule has 1 aromatic heterocycles. The third-order valence-electron chi connectivity index (χ3n) is 6.15. The van der Waals surface area contributed by atoms with Crippen LogP contribution in [0.2, 0.25) is 0 Å². The molecule has 1 saturated heterocycles. The summed E-state index contributed by atoms with van der Waals surface area (Å²) in [4.78, 5) is 21.2. The number of carbonyl (C=O) groups is 1. The van der Waals surface area contributed by atoms with E-state index in [0.717, 1.165) is 22.2 Å². The van der Waals surface area contributed by atoms with Crippen molar-refractivity contribution in [3.8, 4) is 0 Å². The maximum atomic E-state index is 13.4. The standard InChI is InChI=1S/C23H28N4O3S/c1-16-22(18-8-4-5-9-19(18)25-16)23(28)17(2)26-12-14-27(15-13-26)20-10-6-7-11-21(20)31(29,30)24-3/h4-11,17,24-25H,12-15H2,1-3H3. The number of para-hydroxylation sites is 2. The Hall–Kier alpha value is -2.68. The quantitative estimate of drug-likeness (QED) is 0.576. The van der Waals surface area contributed by atoms with Gasteiger partial charge in [-0.1, -0.05) is 30.3 Å². The maximum Gasteiger partial charge on any atom is 0.242 e. The monoisotopic (exact) mass is 440 g/mol. The first-order valence-electron chi connectivity index (χ1n) is 10.5. The number of nitrogens with one attached hydrogen (secondary N) is 2. The number of anilines is 1. The molecular formula is C23H28N4O3S. The summed E-state index contributed by atoms with van der Waals surface area (Å²) in [6.07, 6.45) is 0. The van der Waals surface area contributed by atoms with E-state index < -0.39 is 10.0 Å². The van der Waals surface area contributed by atoms with Crippen molar-refractivity contribution in [3.05, 3.63) is 59.8 Å². The second-order valence-electron chi connectivity index (χ2n) is 7.91. The fourth-order valence-electron chi connectivity index (χ4n) is 4.37. The fourth-order valence-corrected chi connectivity index (χ4v) is 5.32. The smallest absolute Gasteiger partial charge is 0.242 e. The zero-order chi connectivity index (χ0) is 22.2. The minimum Gasteiger partial charge on any atom is -0.368 e. The van der Waals surface area contributed by atoms with Gasteiger partial charge in [0.15, 0.2) is 5.78 Å². The van der Waals surface area contributed by atoms with Crippen LogP contribution in [0.5, 0.6) is 0 Å². The molecule has 31 heavy (non-hydrogen) atoms. The molecule has 0 bridgehead atoms. The lowest BCUT2D eigenvalue weighted by atomic mass is 10.0. The van der Waals surface area contributed by atoms with Crippen LogP contribution in [0.25, 0.3) is 10.9 Å². The zero-order valence-corrected chi connectivity index (χ0v) is 18.9. The summed E-state index contributed by atoms with van der Waals surface area (Å²) < 4.78 is 27.2. The van der Waals surface area contributed by atoms with Gasteiger partial charge in [-0.25, -0.2) is 13.1 Å². The first-order chi connectivity index (χ1) is 14.8. The topological polar surface area (TPSA) is 85.5 Å². The first kappa shape index (κ1) is 21.5. The van der Waals surface area contributed by atoms with Gasteiger partial charge in [0, 0.05) is 48.3 Å². The summed E-state index contributed by atoms with van der Waals surface area (Å²) in [6, 6.07) is 14.7. The summed E-state index contributed by atoms with van der Waals surface area (Å²) >= 11 is 0. The van der Waals surface area contributed by atoms with Gasteiger partial charge in [-0.05, 0) is 39.1 Å². The van der Waals surface area contributed by atoms with Crippen molar-refractivity contribution >= 4 is 32.4 Å². The molecule has 2 heterocycles. The lowest BCUT2D eigenvalue weighted by Crippen LogP contribution is -2.52. The Morgan fingerprint density at radius 1 is 1.03 bits per heavy atom. The Balaban J connectivity index is 1.51. The molecule has 1 aliphatic rings. The number of carbonyl (C=O) groups excluding carboxylic acids is 1. The van der Waals surface area contributed by atoms with E-state index in [4.69, 9.17) is 0 Å². The maximum absolute atomic E-state index is 13.4. The molecule has 0 spiro atoms. The predicted molar refractivity (Wildman–Crippen MR) is 123 cm³/mol. The molecule has 8 heteroatoms. The molecule has 2 aromatic carbocycles. The van der Waals surface area contributed by atoms with Gasteiger partial charge in [0.25, 0.3) is 0 Å². The lowest BCUT2D eigenvalue weighted by Gasteiger charge is -2.39. The van der Waals surface area contributed by atoms with Crippen molar-refractivity contribution in [1.82, 2.24) is 14.6 Å². The van der Waals surface area contributed by atoms with Gasteiger partial charge in [-0.15, -0.1) is 0 Å². The normalized spacial score (nSPS) is 16.5. The predicted octanol–water partition coefficient (Wildman–Crippen LogP) is 2.78. The van der Waals surface area contributed by atoms with Gasteiger partial charge in [-0.3, -0.25) is 9.69 Å². The van der Waals surface area contributed by atoms with Crippen molar-refractivity contribution in [1.29, 1.82) is 0 Å². The molecular weight excluding hydrogens is 412 g/mol. The third-order valence-corrected chi connectivity index (χ3v) is 7.61. The van der Waals surface area contributed by atoms with E-state index in [1.54, 1.807) is 12.1 Å². The van der Waals surface area contributed by atoms with Gasteiger partial charge in [0.05, 0.1) is 11.7 Å². The van der Waals surface area contributed by atoms with E-state index in [2.05, 4.69) is 19.5 Å². The number of sulfonamides is 1. The van der Waals surface area contributed by atoms with Crippen LogP contribution >= 0.6 is 0 Å². The number of hydrogen-bond acceptors (Lipinski definition) is 5. The number of fused-ring (bicyclic) bond motifs is 1. The molecule has 0 saturated carbocycles. The van der Waals surface area contributed by atoms with Gasteiger partial charge in [-0.2, -0.15) is 0 Å². The van der Waals surface area contributed by atoms with Crippen LogP contribution in [0.4, 0.5) is 5.69 Å². The summed E-state index contributed by atoms with van der Waals surface area (Å²) in [7, 11) is -2.12. The molecule has 0 aliphatic carbocycles. The molecule has 7 nitrogen and oxygen atoms in total. The van der Waals surface area contributed by atoms with E-state index >= 15 is 0 Å². The molecule has 1 aliphatic heterocycles. The van der Waals surface area contributed by atoms with Crippen LogP contribution in [0.15, 0.2) is 53.4 Å². The second-order valence-corrected chi connectivity index (χ2v) is 9.76. The lowest BCUT2D eigenvalue weighted by molar-refractivity contribution is 0.0831. The Labute approximate surface area is 183 Å². The number of aromatic amines is 1. The molecule has 0 radical (unpaired) electrons. The third kappa shape index (κ3) is 3.98. The van der Waals surface area contributed by atoms with Crippen LogP contribution in [0.1, 0.15) is 23.0 Å². The molecule has 164 valence electrons. The van der Waals surface area contributed by atoms with Crippen molar-refractivity contribution in [2.45, 2.75) is 24.8 Å². The largest absolute Gasteiger partial charge is 0.368 e. The van der Waals surface area contributed by atoms with E-state index in [0.29, 0.717) is 31.9 Å². The van der Waals surface area contributed by atoms with Crippen molar-refractivity contribution in [3.63, 3.8) is 0 Å². The Bertz CT molecular complexity index is 1210. The van der Waals surface area contributed by atoms with E-state index in [9.17, 15) is 13.2 Å². The average molecular weight is 441 g/mol. The van der Waals surface area contributed by atoms with Crippen molar-refractivity contribution < 1.29 is 13.2 Å². The number of nitrogens with zero attached hydrogens (tertiary/aromatic N) is 2. The number of H-pyrrole nitrogens is 1. The molecule has 3 aromatic rings. The number of hydrogen-bond donors (Lipinski definition) is 2. The SMILES string of the molecule is CNS(=O)(=O)c1ccccc1N1CCN(C(C)C(=O)c2c(C)[nH]c3ccccc23)CC1. The summed E-state index contributed by atoms with van der Waals surface area (Å²) in [6.45, 7) is 6.57. The van der Waals surface area contributed by atoms with Gasteiger partial charge in [0.2, 0.25) is 10.0 Å². The van der Waals surface area contributed by atoms with E-state index in [-0.39, 0.29) is 16.7 Å². The minimum absolute atomic E-state index is 0.113. The summed E-state index contributed by atoms with van der Waals surface area (Å²) in [5.74, 6) is 0.113. The molecule has 1 unspecified atom stereocenters. The fraction of sp³-hybridized carbons (Fsp3) is 0.348. The number of aryl methyl sites for hydroxylation is 1. The van der Waals surface area contributed by atoms with Gasteiger partial charge in [0.1, 0.15) is 4.90 Å². The molecule has 1 fully saturated rings. The molecule has 1 atom stereocenters. The summed E-state index contributed by atoms with van der Waals surface area (Å²) in [5, 5.41) is 0.960. The van der Waals surface area contributed by atoms with Crippen molar-refractivity contribution in [2.24, 2.45) is 0 Å². The Morgan fingerprint density at radius 2 is 1.68 bits per heavy atom. The highest BCUT2D eigenvalue weighted by Gasteiger charge is 2.30. The van der Waals surface area contributed by atoms with Crippen LogP contribution in [0.3, 0.4) is 0 Å². The number of piperazine rings is 1. The Morgan fingerprint density at radius 3 is 2.39 bits per heavy atom. The number of rotatable bonds is 6. The highest BCUT2D eigenvalue weighted by molar-refractivity contribution is 7.89. The van der Waals surface area contributed by atoms with Gasteiger partial charge < -0.3 is 9.88 Å². The van der Waals surface area contributed by atoms with E-state index in [1.165, 1.54) is 7.05 Å². The number of aromatic nitrogens is 1. The summed E-state index contributed by atoms with van der Waals surface area (Å²) in [5.41, 5.74) is 3.32. The van der Waals surface area contributed by atoms with Crippen LogP contribution in [0, 0.1) is 6.92 Å². The van der Waals surface area contributed by atoms with Crippen LogP contribution < -0.4 is 9.62 Å². The molecule has 2 N–H and O–H groups in total. The Kier molecular flexibility index (Phi) is 5.88. The van der Waals surface area contributed by atoms with E-state index in [1.807, 2.05) is 50.2 Å². The molecule has 4 rings (SSSR count). The average Bonchev–Trinajstić information content (AvgIpc) is 3.13. The first-order valence-corrected chi connectivity index (χ1v) is 11.9. The highest BCUT2D eigenvalue weighted by atomic mass is 32.2. The van der Waals surface area contributed by atoms with Gasteiger partial charge >= 0.3 is 0 Å². The molecule has 0 amide bonds. The number of ketones is 1. The number of Topliss-reactive ketones (excluding diaryl/α,β-unsaturated/α-hetero) is 1. The highest BCUT2D eigenvalue weighted by Crippen LogP contribution is 2.28. The van der Waals surface area contributed by atoms with Crippen LogP contribution in [-0.2, 0) is 10.0 Å².